The third-order valence-corrected chi connectivity index (χ3v) is 6.58. The molecule has 2 N–H and O–H groups in total. The number of hydrogen-bond donors (Lipinski definition) is 2. The van der Waals surface area contributed by atoms with Crippen LogP contribution >= 0.6 is 22.6 Å². The Morgan fingerprint density at radius 2 is 1.67 bits per heavy atom. The molecule has 0 radical (unpaired) electrons. The molecule has 1 aliphatic rings. The number of barbiturate groups is 1. The minimum absolute atomic E-state index is 0.00618. The quantitative estimate of drug-likeness (QED) is 0.196. The van der Waals surface area contributed by atoms with Gasteiger partial charge in [0.1, 0.15) is 12.2 Å². The average molecular weight is 640 g/mol. The van der Waals surface area contributed by atoms with Crippen LogP contribution in [0, 0.1) is 17.4 Å². The van der Waals surface area contributed by atoms with E-state index in [2.05, 4.69) is 46.1 Å². The third kappa shape index (κ3) is 6.28. The number of benzene rings is 3. The molecule has 10 heteroatoms. The fourth-order valence-corrected chi connectivity index (χ4v) is 4.97. The summed E-state index contributed by atoms with van der Waals surface area (Å²) in [6.07, 6.45) is 1.38. The molecule has 4 amide bonds. The first-order chi connectivity index (χ1) is 18.6. The molecule has 0 saturated carbocycles. The number of nitrogens with one attached hydrogen (secondary N) is 1. The minimum Gasteiger partial charge on any atom is -0.490 e. The maximum absolute atomic E-state index is 13.2. The highest BCUT2D eigenvalue weighted by atomic mass is 127. The predicted molar refractivity (Wildman–Crippen MR) is 153 cm³/mol. The lowest BCUT2D eigenvalue weighted by Gasteiger charge is -2.26. The molecule has 0 aromatic heterocycles. The number of carbonyl (C=O) groups excluding carboxylic acids is 3. The van der Waals surface area contributed by atoms with Gasteiger partial charge in [0, 0.05) is 0 Å². The van der Waals surface area contributed by atoms with Gasteiger partial charge in [0.2, 0.25) is 0 Å². The van der Waals surface area contributed by atoms with Crippen LogP contribution < -0.4 is 19.7 Å². The van der Waals surface area contributed by atoms with Crippen LogP contribution in [0.1, 0.15) is 39.5 Å². The number of hydrogen-bond acceptors (Lipinski definition) is 6. The number of imide groups is 2. The molecule has 4 rings (SSSR count). The van der Waals surface area contributed by atoms with Crippen LogP contribution in [-0.2, 0) is 16.2 Å². The smallest absolute Gasteiger partial charge is 0.335 e. The normalized spacial score (nSPS) is 14.4. The molecule has 1 saturated heterocycles. The van der Waals surface area contributed by atoms with Gasteiger partial charge in [0.15, 0.2) is 11.5 Å². The first kappa shape index (κ1) is 27.8. The molecule has 0 bridgehead atoms. The Morgan fingerprint density at radius 3 is 2.28 bits per heavy atom. The summed E-state index contributed by atoms with van der Waals surface area (Å²) in [5.74, 6) is -1.84. The van der Waals surface area contributed by atoms with Crippen molar-refractivity contribution in [1.82, 2.24) is 5.32 Å². The van der Waals surface area contributed by atoms with Crippen molar-refractivity contribution in [1.29, 1.82) is 0 Å². The fraction of sp³-hybridized carbons (Fsp3) is 0.172. The Labute approximate surface area is 238 Å². The van der Waals surface area contributed by atoms with Gasteiger partial charge in [-0.1, -0.05) is 29.3 Å². The molecule has 1 heterocycles. The van der Waals surface area contributed by atoms with Crippen molar-refractivity contribution in [3.05, 3.63) is 91.6 Å². The highest BCUT2D eigenvalue weighted by molar-refractivity contribution is 14.1. The highest BCUT2D eigenvalue weighted by Crippen LogP contribution is 2.36. The highest BCUT2D eigenvalue weighted by Gasteiger charge is 2.37. The SMILES string of the molecule is CCOc1cc(/C=C2\C(=O)NC(=O)N(c3ccc(C(=O)O)cc3)C2=O)cc(I)c1OCc1cc(C)cc(C)c1. The van der Waals surface area contributed by atoms with Gasteiger partial charge in [-0.15, -0.1) is 0 Å². The number of anilines is 1. The average Bonchev–Trinajstić information content (AvgIpc) is 2.86. The van der Waals surface area contributed by atoms with E-state index >= 15 is 0 Å². The molecule has 200 valence electrons. The molecule has 0 spiro atoms. The zero-order chi connectivity index (χ0) is 28.3. The van der Waals surface area contributed by atoms with E-state index in [4.69, 9.17) is 14.6 Å². The van der Waals surface area contributed by atoms with Gasteiger partial charge in [-0.25, -0.2) is 14.5 Å². The number of ether oxygens (including phenoxy) is 2. The van der Waals surface area contributed by atoms with Gasteiger partial charge in [-0.05, 0) is 97.0 Å². The lowest BCUT2D eigenvalue weighted by atomic mass is 10.1. The first-order valence-electron chi connectivity index (χ1n) is 12.0. The molecule has 3 aromatic rings. The van der Waals surface area contributed by atoms with Gasteiger partial charge in [0.25, 0.3) is 11.8 Å². The standard InChI is InChI=1S/C29H25IN2O7/c1-4-38-24-14-18(13-23(30)25(24)39-15-19-10-16(2)9-17(3)11-19)12-22-26(33)31-29(37)32(27(22)34)21-7-5-20(6-8-21)28(35)36/h5-14H,4,15H2,1-3H3,(H,35,36)(H,31,33,37)/b22-12+. The van der Waals surface area contributed by atoms with Crippen molar-refractivity contribution < 1.29 is 33.8 Å². The van der Waals surface area contributed by atoms with Crippen molar-refractivity contribution in [2.75, 3.05) is 11.5 Å². The van der Waals surface area contributed by atoms with E-state index in [0.717, 1.165) is 21.6 Å². The molecular formula is C29H25IN2O7. The third-order valence-electron chi connectivity index (χ3n) is 5.78. The zero-order valence-electron chi connectivity index (χ0n) is 21.4. The molecule has 1 fully saturated rings. The summed E-state index contributed by atoms with van der Waals surface area (Å²) in [5, 5.41) is 11.3. The van der Waals surface area contributed by atoms with Crippen molar-refractivity contribution in [3.63, 3.8) is 0 Å². The molecule has 0 unspecified atom stereocenters. The van der Waals surface area contributed by atoms with Crippen LogP contribution in [-0.4, -0.2) is 35.5 Å². The van der Waals surface area contributed by atoms with Crippen molar-refractivity contribution in [2.24, 2.45) is 0 Å². The van der Waals surface area contributed by atoms with Gasteiger partial charge in [-0.2, -0.15) is 0 Å². The van der Waals surface area contributed by atoms with Gasteiger partial charge >= 0.3 is 12.0 Å². The van der Waals surface area contributed by atoms with Crippen molar-refractivity contribution >= 4 is 58.2 Å². The van der Waals surface area contributed by atoms with Crippen molar-refractivity contribution in [3.8, 4) is 11.5 Å². The Kier molecular flexibility index (Phi) is 8.34. The Balaban J connectivity index is 1.65. The number of urea groups is 1. The number of aryl methyl sites for hydroxylation is 2. The summed E-state index contributed by atoms with van der Waals surface area (Å²) in [6, 6.07) is 13.9. The van der Waals surface area contributed by atoms with Crippen LogP contribution in [0.15, 0.2) is 60.2 Å². The van der Waals surface area contributed by atoms with E-state index < -0.39 is 23.8 Å². The molecule has 3 aromatic carbocycles. The van der Waals surface area contributed by atoms with E-state index in [1.165, 1.54) is 30.3 Å². The Morgan fingerprint density at radius 1 is 1.00 bits per heavy atom. The first-order valence-corrected chi connectivity index (χ1v) is 13.1. The largest absolute Gasteiger partial charge is 0.490 e. The number of amides is 4. The van der Waals surface area contributed by atoms with E-state index in [1.54, 1.807) is 12.1 Å². The number of carboxylic acids is 1. The van der Waals surface area contributed by atoms with Crippen LogP contribution in [0.25, 0.3) is 6.08 Å². The second kappa shape index (κ2) is 11.7. The lowest BCUT2D eigenvalue weighted by Crippen LogP contribution is -2.54. The number of nitrogens with zero attached hydrogens (tertiary/aromatic N) is 1. The maximum atomic E-state index is 13.2. The van der Waals surface area contributed by atoms with E-state index in [-0.39, 0.29) is 16.8 Å². The summed E-state index contributed by atoms with van der Waals surface area (Å²) < 4.78 is 12.6. The number of carbonyl (C=O) groups is 4. The molecule has 0 atom stereocenters. The van der Waals surface area contributed by atoms with Gasteiger partial charge < -0.3 is 14.6 Å². The summed E-state index contributed by atoms with van der Waals surface area (Å²) >= 11 is 2.10. The summed E-state index contributed by atoms with van der Waals surface area (Å²) in [7, 11) is 0. The van der Waals surface area contributed by atoms with E-state index in [9.17, 15) is 19.2 Å². The van der Waals surface area contributed by atoms with E-state index in [0.29, 0.717) is 33.8 Å². The number of rotatable bonds is 8. The fourth-order valence-electron chi connectivity index (χ4n) is 4.19. The minimum atomic E-state index is -1.15. The second-order valence-electron chi connectivity index (χ2n) is 8.86. The number of halogens is 1. The Bertz CT molecular complexity index is 1490. The Hall–Kier alpha value is -4.19. The maximum Gasteiger partial charge on any atom is 0.335 e. The molecule has 39 heavy (non-hydrogen) atoms. The molecule has 1 aliphatic heterocycles. The van der Waals surface area contributed by atoms with Crippen LogP contribution in [0.4, 0.5) is 10.5 Å². The molecular weight excluding hydrogens is 615 g/mol. The van der Waals surface area contributed by atoms with E-state index in [1.807, 2.05) is 20.8 Å². The van der Waals surface area contributed by atoms with Crippen LogP contribution in [0.5, 0.6) is 11.5 Å². The van der Waals surface area contributed by atoms with Gasteiger partial charge in [-0.3, -0.25) is 14.9 Å². The zero-order valence-corrected chi connectivity index (χ0v) is 23.6. The van der Waals surface area contributed by atoms with Crippen LogP contribution in [0.2, 0.25) is 0 Å². The summed E-state index contributed by atoms with van der Waals surface area (Å²) in [6.45, 7) is 6.58. The van der Waals surface area contributed by atoms with Gasteiger partial charge in [0.05, 0.1) is 21.4 Å². The predicted octanol–water partition coefficient (Wildman–Crippen LogP) is 5.25. The number of carboxylic acid groups (broad SMARTS) is 1. The second-order valence-corrected chi connectivity index (χ2v) is 10.0. The van der Waals surface area contributed by atoms with Crippen LogP contribution in [0.3, 0.4) is 0 Å². The topological polar surface area (TPSA) is 122 Å². The molecule has 0 aliphatic carbocycles. The lowest BCUT2D eigenvalue weighted by molar-refractivity contribution is -0.122. The monoisotopic (exact) mass is 640 g/mol. The molecule has 9 nitrogen and oxygen atoms in total. The summed E-state index contributed by atoms with van der Waals surface area (Å²) in [4.78, 5) is 50.3. The summed E-state index contributed by atoms with van der Waals surface area (Å²) in [5.41, 5.74) is 3.64. The number of aromatic carboxylic acids is 1. The van der Waals surface area contributed by atoms with Crippen molar-refractivity contribution in [2.45, 2.75) is 27.4 Å².